The van der Waals surface area contributed by atoms with Crippen LogP contribution in [0.4, 0.5) is 0 Å². The average molecular weight is 465 g/mol. The highest BCUT2D eigenvalue weighted by Crippen LogP contribution is 2.30. The first-order valence-corrected chi connectivity index (χ1v) is 9.82. The second-order valence-corrected chi connectivity index (χ2v) is 6.99. The summed E-state index contributed by atoms with van der Waals surface area (Å²) in [7, 11) is 1.50. The number of rotatable bonds is 9. The van der Waals surface area contributed by atoms with Crippen LogP contribution in [0.2, 0.25) is 10.0 Å². The van der Waals surface area contributed by atoms with E-state index in [2.05, 4.69) is 20.8 Å². The lowest BCUT2D eigenvalue weighted by Crippen LogP contribution is -2.36. The summed E-state index contributed by atoms with van der Waals surface area (Å²) in [6, 6.07) is 11.6. The van der Waals surface area contributed by atoms with Crippen molar-refractivity contribution in [2.45, 2.75) is 0 Å². The molecule has 162 valence electrons. The standard InChI is InChI=1S/C20H18Cl2N4O5/c1-29-16-7-4-13(22)10-15(16)18-25-20(31-26-18)19(28)24-9-8-23-17(27)11-30-14-5-2-12(21)3-6-14/h2-7,10H,8-9,11H2,1H3,(H,23,27)(H,24,28). The number of hydrogen-bond acceptors (Lipinski definition) is 7. The molecule has 1 heterocycles. The smallest absolute Gasteiger partial charge is 0.316 e. The van der Waals surface area contributed by atoms with Crippen LogP contribution < -0.4 is 20.1 Å². The minimum Gasteiger partial charge on any atom is -0.496 e. The van der Waals surface area contributed by atoms with Crippen LogP contribution >= 0.6 is 23.2 Å². The van der Waals surface area contributed by atoms with Gasteiger partial charge in [-0.2, -0.15) is 4.98 Å². The van der Waals surface area contributed by atoms with E-state index in [1.165, 1.54) is 7.11 Å². The van der Waals surface area contributed by atoms with E-state index in [9.17, 15) is 9.59 Å². The van der Waals surface area contributed by atoms with Gasteiger partial charge >= 0.3 is 11.8 Å². The van der Waals surface area contributed by atoms with Gasteiger partial charge in [-0.3, -0.25) is 9.59 Å². The van der Waals surface area contributed by atoms with Gasteiger partial charge in [-0.15, -0.1) is 0 Å². The van der Waals surface area contributed by atoms with Crippen molar-refractivity contribution >= 4 is 35.0 Å². The fraction of sp³-hybridized carbons (Fsp3) is 0.200. The van der Waals surface area contributed by atoms with E-state index in [4.69, 9.17) is 37.2 Å². The van der Waals surface area contributed by atoms with Gasteiger partial charge in [-0.1, -0.05) is 28.4 Å². The highest BCUT2D eigenvalue weighted by molar-refractivity contribution is 6.31. The van der Waals surface area contributed by atoms with Gasteiger partial charge in [0.2, 0.25) is 5.82 Å². The zero-order valence-corrected chi connectivity index (χ0v) is 17.9. The first-order chi connectivity index (χ1) is 15.0. The number of nitrogens with zero attached hydrogens (tertiary/aromatic N) is 2. The quantitative estimate of drug-likeness (QED) is 0.467. The first kappa shape index (κ1) is 22.4. The second kappa shape index (κ2) is 10.6. The van der Waals surface area contributed by atoms with Crippen LogP contribution in [-0.2, 0) is 4.79 Å². The molecule has 3 aromatic rings. The molecule has 0 fully saturated rings. The molecule has 0 unspecified atom stereocenters. The zero-order valence-electron chi connectivity index (χ0n) is 16.4. The molecule has 0 atom stereocenters. The Morgan fingerprint density at radius 3 is 2.48 bits per heavy atom. The molecule has 2 amide bonds. The maximum Gasteiger partial charge on any atom is 0.316 e. The van der Waals surface area contributed by atoms with Gasteiger partial charge in [0.15, 0.2) is 6.61 Å². The zero-order chi connectivity index (χ0) is 22.2. The summed E-state index contributed by atoms with van der Waals surface area (Å²) in [6.07, 6.45) is 0. The van der Waals surface area contributed by atoms with Crippen molar-refractivity contribution in [1.29, 1.82) is 0 Å². The van der Waals surface area contributed by atoms with Gasteiger partial charge < -0.3 is 24.6 Å². The molecule has 9 nitrogen and oxygen atoms in total. The number of ether oxygens (including phenoxy) is 2. The molecule has 3 rings (SSSR count). The van der Waals surface area contributed by atoms with Crippen LogP contribution in [0.3, 0.4) is 0 Å². The predicted molar refractivity (Wildman–Crippen MR) is 114 cm³/mol. The number of amides is 2. The average Bonchev–Trinajstić information content (AvgIpc) is 3.26. The molecule has 0 radical (unpaired) electrons. The highest BCUT2D eigenvalue weighted by atomic mass is 35.5. The van der Waals surface area contributed by atoms with Gasteiger partial charge in [0.05, 0.1) is 12.7 Å². The second-order valence-electron chi connectivity index (χ2n) is 6.12. The van der Waals surface area contributed by atoms with Crippen LogP contribution in [0.15, 0.2) is 47.0 Å². The van der Waals surface area contributed by atoms with E-state index in [-0.39, 0.29) is 37.3 Å². The van der Waals surface area contributed by atoms with Crippen molar-refractivity contribution in [1.82, 2.24) is 20.8 Å². The lowest BCUT2D eigenvalue weighted by Gasteiger charge is -2.07. The Kier molecular flexibility index (Phi) is 7.69. The van der Waals surface area contributed by atoms with Crippen molar-refractivity contribution in [3.05, 3.63) is 58.4 Å². The number of methoxy groups -OCH3 is 1. The minimum absolute atomic E-state index is 0.156. The lowest BCUT2D eigenvalue weighted by molar-refractivity contribution is -0.123. The molecule has 0 spiro atoms. The Morgan fingerprint density at radius 1 is 1.03 bits per heavy atom. The lowest BCUT2D eigenvalue weighted by atomic mass is 10.2. The summed E-state index contributed by atoms with van der Waals surface area (Å²) in [5.41, 5.74) is 0.491. The van der Waals surface area contributed by atoms with Crippen molar-refractivity contribution in [2.75, 3.05) is 26.8 Å². The van der Waals surface area contributed by atoms with Gasteiger partial charge in [0, 0.05) is 23.1 Å². The van der Waals surface area contributed by atoms with Gasteiger partial charge in [0.25, 0.3) is 5.91 Å². The molecule has 0 aliphatic carbocycles. The van der Waals surface area contributed by atoms with Crippen molar-refractivity contribution in [2.24, 2.45) is 0 Å². The van der Waals surface area contributed by atoms with Gasteiger partial charge in [-0.05, 0) is 42.5 Å². The third-order valence-electron chi connectivity index (χ3n) is 3.94. The molecule has 2 N–H and O–H groups in total. The molecule has 0 saturated heterocycles. The van der Waals surface area contributed by atoms with E-state index in [1.54, 1.807) is 42.5 Å². The summed E-state index contributed by atoms with van der Waals surface area (Å²) in [4.78, 5) is 28.1. The molecule has 31 heavy (non-hydrogen) atoms. The first-order valence-electron chi connectivity index (χ1n) is 9.07. The molecule has 0 aliphatic heterocycles. The Morgan fingerprint density at radius 2 is 1.74 bits per heavy atom. The number of carbonyl (C=O) groups excluding carboxylic acids is 2. The third kappa shape index (κ3) is 6.34. The SMILES string of the molecule is COc1ccc(Cl)cc1-c1noc(C(=O)NCCNC(=O)COc2ccc(Cl)cc2)n1. The maximum absolute atomic E-state index is 12.2. The van der Waals surface area contributed by atoms with Crippen molar-refractivity contribution in [3.8, 4) is 22.9 Å². The number of nitrogens with one attached hydrogen (secondary N) is 2. The van der Waals surface area contributed by atoms with E-state index >= 15 is 0 Å². The van der Waals surface area contributed by atoms with Gasteiger partial charge in [0.1, 0.15) is 11.5 Å². The Labute approximate surface area is 187 Å². The largest absolute Gasteiger partial charge is 0.496 e. The number of benzene rings is 2. The molecular weight excluding hydrogens is 447 g/mol. The fourth-order valence-electron chi connectivity index (χ4n) is 2.46. The highest BCUT2D eigenvalue weighted by Gasteiger charge is 2.18. The fourth-order valence-corrected chi connectivity index (χ4v) is 2.76. The van der Waals surface area contributed by atoms with E-state index < -0.39 is 5.91 Å². The topological polar surface area (TPSA) is 116 Å². The maximum atomic E-state index is 12.2. The monoisotopic (exact) mass is 464 g/mol. The third-order valence-corrected chi connectivity index (χ3v) is 4.43. The number of halogens is 2. The molecule has 0 bridgehead atoms. The van der Waals surface area contributed by atoms with E-state index in [1.807, 2.05) is 0 Å². The Balaban J connectivity index is 1.44. The van der Waals surface area contributed by atoms with Crippen LogP contribution in [0.1, 0.15) is 10.7 Å². The van der Waals surface area contributed by atoms with Crippen LogP contribution in [0, 0.1) is 0 Å². The summed E-state index contributed by atoms with van der Waals surface area (Å²) in [6.45, 7) is 0.186. The number of aromatic nitrogens is 2. The number of carbonyl (C=O) groups is 2. The van der Waals surface area contributed by atoms with Crippen molar-refractivity contribution in [3.63, 3.8) is 0 Å². The normalized spacial score (nSPS) is 10.4. The molecule has 0 saturated carbocycles. The molecule has 11 heteroatoms. The summed E-state index contributed by atoms with van der Waals surface area (Å²) in [5, 5.41) is 10.0. The van der Waals surface area contributed by atoms with Crippen LogP contribution in [0.5, 0.6) is 11.5 Å². The molecular formula is C20H18Cl2N4O5. The molecule has 1 aromatic heterocycles. The van der Waals surface area contributed by atoms with Crippen LogP contribution in [0.25, 0.3) is 11.4 Å². The molecule has 2 aromatic carbocycles. The van der Waals surface area contributed by atoms with Crippen molar-refractivity contribution < 1.29 is 23.6 Å². The van der Waals surface area contributed by atoms with Gasteiger partial charge in [-0.25, -0.2) is 0 Å². The van der Waals surface area contributed by atoms with E-state index in [0.717, 1.165) is 0 Å². The molecule has 0 aliphatic rings. The van der Waals surface area contributed by atoms with E-state index in [0.29, 0.717) is 27.1 Å². The number of hydrogen-bond donors (Lipinski definition) is 2. The minimum atomic E-state index is -0.577. The summed E-state index contributed by atoms with van der Waals surface area (Å²) >= 11 is 11.8. The summed E-state index contributed by atoms with van der Waals surface area (Å²) < 4.78 is 15.6. The Bertz CT molecular complexity index is 1060. The summed E-state index contributed by atoms with van der Waals surface area (Å²) in [5.74, 6) is 0.0346. The Hall–Kier alpha value is -3.30. The predicted octanol–water partition coefficient (Wildman–Crippen LogP) is 2.98. The van der Waals surface area contributed by atoms with Crippen LogP contribution in [-0.4, -0.2) is 48.8 Å².